The van der Waals surface area contributed by atoms with Gasteiger partial charge >= 0.3 is 16.2 Å². The molecule has 63 heavy (non-hydrogen) atoms. The summed E-state index contributed by atoms with van der Waals surface area (Å²) in [5.41, 5.74) is 4.09. The van der Waals surface area contributed by atoms with Crippen LogP contribution in [0.15, 0.2) is 41.9 Å². The van der Waals surface area contributed by atoms with Crippen molar-refractivity contribution < 1.29 is 63.4 Å². The van der Waals surface area contributed by atoms with E-state index in [0.29, 0.717) is 23.4 Å². The summed E-state index contributed by atoms with van der Waals surface area (Å²) in [7, 11) is -0.669. The quantitative estimate of drug-likeness (QED) is 0.0436. The van der Waals surface area contributed by atoms with E-state index in [4.69, 9.17) is 30.7 Å². The number of aryl methyl sites for hydroxylation is 5. The lowest BCUT2D eigenvalue weighted by Crippen LogP contribution is -2.41. The summed E-state index contributed by atoms with van der Waals surface area (Å²) >= 11 is 0. The topological polar surface area (TPSA) is 336 Å². The number of imidazole rings is 2. The van der Waals surface area contributed by atoms with E-state index in [9.17, 15) is 32.7 Å². The predicted molar refractivity (Wildman–Crippen MR) is 221 cm³/mol. The van der Waals surface area contributed by atoms with Crippen LogP contribution in [0.3, 0.4) is 0 Å². The molecule has 7 heterocycles. The Kier molecular flexibility index (Phi) is 18.6. The summed E-state index contributed by atoms with van der Waals surface area (Å²) in [6.45, 7) is 22.4. The standard InChI is InChI=1S/C7H10O3.C6H7NO3.C5H10N2O3S.3C5H8N2O.C4H7N3O/c1-4-5(8)7(2,3)10-6(4)9;1-7-2-5(9)4(3-8)6(7)10;1-5(2)4(8)6-11(9,10)7(5)3;1-4-5(2)7(8)3-6-4;1-4-3-6-5(2)7(4)8;1-4-3-6-7(8)5(4)2;1-3-4(2)7(8)6-5-3/h8H,1-3H3;3,8H,2H2,1H3;1-3H3,(H,6,8);3*3,8H,1-2H3;8H,1-2H3/b;4-3-;;;;;. The van der Waals surface area contributed by atoms with Crippen molar-refractivity contribution in [3.8, 4) is 0 Å². The van der Waals surface area contributed by atoms with Gasteiger partial charge in [0.1, 0.15) is 29.0 Å². The van der Waals surface area contributed by atoms with Crippen molar-refractivity contribution >= 4 is 33.8 Å². The SMILES string of the molecule is CC1=C(O)C(C)(C)OC1=O.CN1C(C)(C)C(=O)NS1(=O)=O.CN1CC(=O)/C(=C/O)C1=O.Cc1cnc(C)n1O.Cc1cnn(O)c1C.Cc1ncn(O)c1C.Cc1nnn(O)c1C. The van der Waals surface area contributed by atoms with E-state index in [1.807, 2.05) is 32.4 Å². The number of hydrogen-bond acceptors (Lipinski definition) is 18. The molecule has 3 aliphatic heterocycles. The molecule has 26 heteroatoms. The molecule has 4 aromatic heterocycles. The van der Waals surface area contributed by atoms with Gasteiger partial charge in [0.2, 0.25) is 0 Å². The lowest BCUT2D eigenvalue weighted by Gasteiger charge is -2.20. The summed E-state index contributed by atoms with van der Waals surface area (Å²) in [5.74, 6) is -0.981. The number of aliphatic hydroxyl groups excluding tert-OH is 2. The Morgan fingerprint density at radius 3 is 1.51 bits per heavy atom. The van der Waals surface area contributed by atoms with Crippen molar-refractivity contribution in [2.75, 3.05) is 20.6 Å². The summed E-state index contributed by atoms with van der Waals surface area (Å²) in [5, 5.41) is 63.3. The Morgan fingerprint density at radius 1 is 0.810 bits per heavy atom. The predicted octanol–water partition coefficient (Wildman–Crippen LogP) is 2.04. The Hall–Kier alpha value is -6.96. The molecule has 0 saturated carbocycles. The van der Waals surface area contributed by atoms with Gasteiger partial charge in [-0.2, -0.15) is 22.2 Å². The van der Waals surface area contributed by atoms with Gasteiger partial charge in [-0.3, -0.25) is 14.4 Å². The van der Waals surface area contributed by atoms with Gasteiger partial charge in [0.15, 0.2) is 11.4 Å². The van der Waals surface area contributed by atoms with E-state index in [1.54, 1.807) is 74.7 Å². The van der Waals surface area contributed by atoms with Crippen molar-refractivity contribution in [2.45, 2.75) is 101 Å². The first-order chi connectivity index (χ1) is 28.8. The number of likely N-dealkylation sites (tertiary alicyclic amines) is 1. The highest BCUT2D eigenvalue weighted by atomic mass is 32.2. The van der Waals surface area contributed by atoms with Gasteiger partial charge < -0.3 is 40.7 Å². The fourth-order valence-electron chi connectivity index (χ4n) is 4.39. The number of Topliss-reactive ketones (excluding diaryl/α,β-unsaturated/α-hetero) is 1. The molecule has 0 unspecified atom stereocenters. The van der Waals surface area contributed by atoms with Crippen LogP contribution in [0.2, 0.25) is 0 Å². The van der Waals surface area contributed by atoms with Crippen LogP contribution >= 0.6 is 0 Å². The highest BCUT2D eigenvalue weighted by molar-refractivity contribution is 7.88. The first kappa shape index (κ1) is 54.1. The third-order valence-corrected chi connectivity index (χ3v) is 11.2. The van der Waals surface area contributed by atoms with E-state index >= 15 is 0 Å². The van der Waals surface area contributed by atoms with E-state index in [1.165, 1.54) is 25.3 Å². The number of ketones is 1. The van der Waals surface area contributed by atoms with Gasteiger partial charge in [-0.05, 0) is 101 Å². The minimum atomic E-state index is -3.55. The zero-order valence-electron chi connectivity index (χ0n) is 37.9. The lowest BCUT2D eigenvalue weighted by atomic mass is 10.1. The molecule has 0 spiro atoms. The van der Waals surface area contributed by atoms with Gasteiger partial charge in [0.05, 0.1) is 64.9 Å². The van der Waals surface area contributed by atoms with E-state index in [2.05, 4.69) is 25.4 Å². The maximum absolute atomic E-state index is 11.0. The number of likely N-dealkylation sites (N-methyl/N-ethyl adjacent to an activating group) is 2. The lowest BCUT2D eigenvalue weighted by molar-refractivity contribution is -0.145. The van der Waals surface area contributed by atoms with Crippen molar-refractivity contribution in [2.24, 2.45) is 0 Å². The third-order valence-electron chi connectivity index (χ3n) is 9.53. The molecule has 0 aliphatic carbocycles. The fraction of sp³-hybridized carbons (Fsp3) is 0.486. The van der Waals surface area contributed by atoms with E-state index in [-0.39, 0.29) is 23.7 Å². The van der Waals surface area contributed by atoms with Crippen molar-refractivity contribution in [3.63, 3.8) is 0 Å². The van der Waals surface area contributed by atoms with Gasteiger partial charge in [-0.1, -0.05) is 4.85 Å². The highest BCUT2D eigenvalue weighted by Gasteiger charge is 2.47. The number of carbonyl (C=O) groups is 4. The van der Waals surface area contributed by atoms with Crippen LogP contribution in [-0.4, -0.2) is 149 Å². The van der Waals surface area contributed by atoms with E-state index < -0.39 is 39.1 Å². The minimum Gasteiger partial charge on any atom is -0.515 e. The first-order valence-electron chi connectivity index (χ1n) is 18.5. The Labute approximate surface area is 364 Å². The molecule has 4 aromatic rings. The smallest absolute Gasteiger partial charge is 0.338 e. The normalized spacial score (nSPS) is 17.3. The zero-order chi connectivity index (χ0) is 49.1. The molecule has 0 atom stereocenters. The summed E-state index contributed by atoms with van der Waals surface area (Å²) in [4.78, 5) is 53.9. The molecule has 7 rings (SSSR count). The average molecular weight is 911 g/mol. The Morgan fingerprint density at radius 2 is 1.38 bits per heavy atom. The molecule has 350 valence electrons. The maximum Gasteiger partial charge on any atom is 0.338 e. The van der Waals surface area contributed by atoms with Crippen LogP contribution in [-0.2, 0) is 34.1 Å². The van der Waals surface area contributed by atoms with Crippen LogP contribution in [0.25, 0.3) is 0 Å². The zero-order valence-corrected chi connectivity index (χ0v) is 38.7. The number of aromatic nitrogens is 9. The van der Waals surface area contributed by atoms with Crippen LogP contribution in [0.4, 0.5) is 0 Å². The summed E-state index contributed by atoms with van der Waals surface area (Å²) in [6.07, 6.45) is 5.18. The molecule has 3 aliphatic rings. The van der Waals surface area contributed by atoms with Crippen LogP contribution in [0, 0.1) is 55.4 Å². The van der Waals surface area contributed by atoms with Gasteiger partial charge in [0, 0.05) is 14.1 Å². The fourth-order valence-corrected chi connectivity index (χ4v) is 5.70. The molecule has 2 saturated heterocycles. The number of rotatable bonds is 0. The van der Waals surface area contributed by atoms with Crippen LogP contribution in [0.1, 0.15) is 80.2 Å². The minimum absolute atomic E-state index is 0.0394. The molecule has 7 N–H and O–H groups in total. The van der Waals surface area contributed by atoms with Crippen molar-refractivity contribution in [1.82, 2.24) is 58.5 Å². The number of aliphatic hydroxyl groups is 2. The number of nitrogens with one attached hydrogen (secondary N) is 1. The third kappa shape index (κ3) is 14.0. The van der Waals surface area contributed by atoms with E-state index in [0.717, 1.165) is 57.5 Å². The summed E-state index contributed by atoms with van der Waals surface area (Å²) < 4.78 is 31.7. The Balaban J connectivity index is 0.000000369. The Bertz CT molecular complexity index is 2190. The van der Waals surface area contributed by atoms with Crippen LogP contribution < -0.4 is 4.72 Å². The molecule has 0 aromatic carbocycles. The highest BCUT2D eigenvalue weighted by Crippen LogP contribution is 2.29. The molecule has 2 fully saturated rings. The number of carbonyl (C=O) groups excluding carboxylic acids is 4. The number of nitrogens with zero attached hydrogens (tertiary/aromatic N) is 11. The molecule has 0 bridgehead atoms. The molecular weight excluding hydrogens is 853 g/mol. The first-order valence-corrected chi connectivity index (χ1v) is 20.0. The summed E-state index contributed by atoms with van der Waals surface area (Å²) in [6, 6.07) is 0. The molecule has 0 radical (unpaired) electrons. The molecule has 2 amide bonds. The van der Waals surface area contributed by atoms with Crippen LogP contribution in [0.5, 0.6) is 0 Å². The van der Waals surface area contributed by atoms with Gasteiger partial charge in [0.25, 0.3) is 11.8 Å². The van der Waals surface area contributed by atoms with Gasteiger partial charge in [-0.25, -0.2) is 19.5 Å². The average Bonchev–Trinajstić information content (AvgIpc) is 4.00. The number of amides is 2. The van der Waals surface area contributed by atoms with Crippen molar-refractivity contribution in [1.29, 1.82) is 0 Å². The molecular formula is C37H58N12O13S. The second-order valence-electron chi connectivity index (χ2n) is 14.9. The second kappa shape index (κ2) is 21.7. The molecule has 25 nitrogen and oxygen atoms in total. The number of ether oxygens (including phenoxy) is 1. The monoisotopic (exact) mass is 910 g/mol. The van der Waals surface area contributed by atoms with Crippen molar-refractivity contribution in [3.05, 3.63) is 87.4 Å². The maximum atomic E-state index is 11.0. The number of cyclic esters (lactones) is 1. The van der Waals surface area contributed by atoms with Gasteiger partial charge in [-0.15, -0.1) is 15.0 Å². The number of esters is 1. The largest absolute Gasteiger partial charge is 0.515 e. The number of hydrogen-bond donors (Lipinski definition) is 7. The second-order valence-corrected chi connectivity index (χ2v) is 16.6.